The van der Waals surface area contributed by atoms with Crippen LogP contribution >= 0.6 is 23.1 Å². The van der Waals surface area contributed by atoms with Crippen LogP contribution < -0.4 is 0 Å². The van der Waals surface area contributed by atoms with Gasteiger partial charge in [-0.1, -0.05) is 11.8 Å². The van der Waals surface area contributed by atoms with Gasteiger partial charge in [0.15, 0.2) is 4.34 Å². The number of aryl methyl sites for hydroxylation is 1. The minimum atomic E-state index is -2.97. The van der Waals surface area contributed by atoms with Gasteiger partial charge in [0.25, 0.3) is 0 Å². The first-order chi connectivity index (χ1) is 7.29. The molecule has 0 aliphatic carbocycles. The van der Waals surface area contributed by atoms with Crippen LogP contribution in [-0.2, 0) is 9.84 Å². The van der Waals surface area contributed by atoms with Crippen LogP contribution in [0.15, 0.2) is 4.34 Å². The first kappa shape index (κ1) is 13.5. The second kappa shape index (κ2) is 5.15. The summed E-state index contributed by atoms with van der Waals surface area (Å²) in [7, 11) is -2.97. The molecule has 8 heteroatoms. The van der Waals surface area contributed by atoms with Crippen LogP contribution in [0, 0.1) is 6.92 Å². The molecular weight excluding hydrogens is 270 g/mol. The molecule has 1 aromatic rings. The van der Waals surface area contributed by atoms with Gasteiger partial charge in [-0.15, -0.1) is 11.3 Å². The van der Waals surface area contributed by atoms with E-state index in [9.17, 15) is 13.2 Å². The molecule has 0 fully saturated rings. The van der Waals surface area contributed by atoms with Crippen LogP contribution in [0.1, 0.15) is 15.4 Å². The maximum atomic E-state index is 10.9. The molecule has 1 heterocycles. The molecule has 1 rings (SSSR count). The van der Waals surface area contributed by atoms with Crippen molar-refractivity contribution in [2.24, 2.45) is 0 Å². The van der Waals surface area contributed by atoms with E-state index in [4.69, 9.17) is 5.11 Å². The summed E-state index contributed by atoms with van der Waals surface area (Å²) in [6, 6.07) is 0. The lowest BCUT2D eigenvalue weighted by Crippen LogP contribution is -2.04. The zero-order chi connectivity index (χ0) is 12.3. The van der Waals surface area contributed by atoms with E-state index in [1.807, 2.05) is 0 Å². The smallest absolute Gasteiger partial charge is 0.347 e. The van der Waals surface area contributed by atoms with E-state index in [2.05, 4.69) is 4.98 Å². The summed E-state index contributed by atoms with van der Waals surface area (Å²) in [4.78, 5) is 15.0. The summed E-state index contributed by atoms with van der Waals surface area (Å²) in [5, 5.41) is 8.80. The Morgan fingerprint density at radius 3 is 2.62 bits per heavy atom. The molecule has 0 saturated carbocycles. The number of hydrogen-bond acceptors (Lipinski definition) is 6. The third kappa shape index (κ3) is 4.11. The molecule has 0 radical (unpaired) electrons. The number of rotatable bonds is 5. The first-order valence-corrected chi connectivity index (χ1v) is 8.17. The Morgan fingerprint density at radius 2 is 2.19 bits per heavy atom. The number of carbonyl (C=O) groups is 1. The Morgan fingerprint density at radius 1 is 1.56 bits per heavy atom. The molecule has 0 atom stereocenters. The molecule has 0 bridgehead atoms. The maximum absolute atomic E-state index is 10.9. The van der Waals surface area contributed by atoms with Crippen LogP contribution in [0.4, 0.5) is 0 Å². The summed E-state index contributed by atoms with van der Waals surface area (Å²) in [6.07, 6.45) is 1.17. The fourth-order valence-corrected chi connectivity index (χ4v) is 4.21. The quantitative estimate of drug-likeness (QED) is 0.819. The van der Waals surface area contributed by atoms with E-state index >= 15 is 0 Å². The fourth-order valence-electron chi connectivity index (χ4n) is 0.912. The maximum Gasteiger partial charge on any atom is 0.347 e. The number of thiazole rings is 1. The average Bonchev–Trinajstić information content (AvgIpc) is 2.44. The van der Waals surface area contributed by atoms with Gasteiger partial charge < -0.3 is 5.11 Å². The van der Waals surface area contributed by atoms with E-state index in [0.29, 0.717) is 15.8 Å². The molecule has 0 saturated heterocycles. The monoisotopic (exact) mass is 281 g/mol. The molecule has 0 amide bonds. The summed E-state index contributed by atoms with van der Waals surface area (Å²) in [6.45, 7) is 1.63. The van der Waals surface area contributed by atoms with Gasteiger partial charge in [-0.3, -0.25) is 0 Å². The second-order valence-electron chi connectivity index (χ2n) is 3.18. The van der Waals surface area contributed by atoms with Crippen molar-refractivity contribution in [1.29, 1.82) is 0 Å². The topological polar surface area (TPSA) is 84.3 Å². The SMILES string of the molecule is Cc1nc(SCCS(C)(=O)=O)sc1C(=O)O. The van der Waals surface area contributed by atoms with Crippen LogP contribution in [-0.4, -0.2) is 42.2 Å². The van der Waals surface area contributed by atoms with Crippen LogP contribution in [0.3, 0.4) is 0 Å². The Hall–Kier alpha value is -0.600. The van der Waals surface area contributed by atoms with E-state index in [0.717, 1.165) is 11.3 Å². The molecule has 90 valence electrons. The predicted octanol–water partition coefficient (Wildman–Crippen LogP) is 1.29. The minimum absolute atomic E-state index is 0.0682. The second-order valence-corrected chi connectivity index (χ2v) is 7.78. The fraction of sp³-hybridized carbons (Fsp3) is 0.500. The van der Waals surface area contributed by atoms with Gasteiger partial charge in [0.1, 0.15) is 14.7 Å². The average molecular weight is 281 g/mol. The van der Waals surface area contributed by atoms with Gasteiger partial charge in [-0.2, -0.15) is 0 Å². The summed E-state index contributed by atoms with van der Waals surface area (Å²) < 4.78 is 22.4. The van der Waals surface area contributed by atoms with Gasteiger partial charge in [-0.05, 0) is 6.92 Å². The Labute approximate surface area is 102 Å². The van der Waals surface area contributed by atoms with Gasteiger partial charge in [0.2, 0.25) is 0 Å². The van der Waals surface area contributed by atoms with E-state index in [-0.39, 0.29) is 10.6 Å². The number of thioether (sulfide) groups is 1. The lowest BCUT2D eigenvalue weighted by molar-refractivity contribution is 0.0701. The third-order valence-electron chi connectivity index (χ3n) is 1.65. The summed E-state index contributed by atoms with van der Waals surface area (Å²) >= 11 is 2.34. The highest BCUT2D eigenvalue weighted by atomic mass is 32.2. The molecule has 5 nitrogen and oxygen atoms in total. The number of carboxylic acids is 1. The number of nitrogens with zero attached hydrogens (tertiary/aromatic N) is 1. The summed E-state index contributed by atoms with van der Waals surface area (Å²) in [5.74, 6) is -0.534. The summed E-state index contributed by atoms with van der Waals surface area (Å²) in [5.41, 5.74) is 0.472. The Kier molecular flexibility index (Phi) is 4.34. The predicted molar refractivity (Wildman–Crippen MR) is 64.2 cm³/mol. The highest BCUT2D eigenvalue weighted by Crippen LogP contribution is 2.27. The lowest BCUT2D eigenvalue weighted by Gasteiger charge is -1.95. The molecule has 1 N–H and O–H groups in total. The van der Waals surface area contributed by atoms with Crippen LogP contribution in [0.25, 0.3) is 0 Å². The van der Waals surface area contributed by atoms with Crippen molar-refractivity contribution in [1.82, 2.24) is 4.98 Å². The van der Waals surface area contributed by atoms with Crippen molar-refractivity contribution in [3.63, 3.8) is 0 Å². The molecule has 0 spiro atoms. The molecule has 1 aromatic heterocycles. The zero-order valence-electron chi connectivity index (χ0n) is 8.76. The zero-order valence-corrected chi connectivity index (χ0v) is 11.2. The molecule has 0 unspecified atom stereocenters. The molecule has 0 aliphatic heterocycles. The van der Waals surface area contributed by atoms with Crippen molar-refractivity contribution >= 4 is 38.9 Å². The Bertz CT molecular complexity index is 491. The van der Waals surface area contributed by atoms with Crippen LogP contribution in [0.2, 0.25) is 0 Å². The number of aromatic nitrogens is 1. The number of carboxylic acid groups (broad SMARTS) is 1. The van der Waals surface area contributed by atoms with E-state index in [1.165, 1.54) is 18.0 Å². The number of aromatic carboxylic acids is 1. The minimum Gasteiger partial charge on any atom is -0.477 e. The van der Waals surface area contributed by atoms with Gasteiger partial charge in [-0.25, -0.2) is 18.2 Å². The largest absolute Gasteiger partial charge is 0.477 e. The van der Waals surface area contributed by atoms with E-state index in [1.54, 1.807) is 6.92 Å². The standard InChI is InChI=1S/C8H11NO4S3/c1-5-6(7(10)11)15-8(9-5)14-3-4-16(2,12)13/h3-4H2,1-2H3,(H,10,11). The van der Waals surface area contributed by atoms with Gasteiger partial charge >= 0.3 is 5.97 Å². The van der Waals surface area contributed by atoms with Crippen molar-refractivity contribution in [2.45, 2.75) is 11.3 Å². The third-order valence-corrected chi connectivity index (χ3v) is 5.15. The normalized spacial score (nSPS) is 11.6. The molecule has 0 aromatic carbocycles. The molecule has 16 heavy (non-hydrogen) atoms. The first-order valence-electron chi connectivity index (χ1n) is 4.31. The van der Waals surface area contributed by atoms with E-state index < -0.39 is 15.8 Å². The van der Waals surface area contributed by atoms with Crippen LogP contribution in [0.5, 0.6) is 0 Å². The van der Waals surface area contributed by atoms with Crippen molar-refractivity contribution < 1.29 is 18.3 Å². The molecular formula is C8H11NO4S3. The number of hydrogen-bond donors (Lipinski definition) is 1. The number of sulfone groups is 1. The van der Waals surface area contributed by atoms with Crippen molar-refractivity contribution in [3.05, 3.63) is 10.6 Å². The lowest BCUT2D eigenvalue weighted by atomic mass is 10.4. The molecule has 0 aliphatic rings. The Balaban J connectivity index is 2.62. The van der Waals surface area contributed by atoms with Gasteiger partial charge in [0.05, 0.1) is 11.4 Å². The van der Waals surface area contributed by atoms with Gasteiger partial charge in [0, 0.05) is 12.0 Å². The highest BCUT2D eigenvalue weighted by Gasteiger charge is 2.14. The van der Waals surface area contributed by atoms with Crippen molar-refractivity contribution in [3.8, 4) is 0 Å². The van der Waals surface area contributed by atoms with Crippen molar-refractivity contribution in [2.75, 3.05) is 17.8 Å². The highest BCUT2D eigenvalue weighted by molar-refractivity contribution is 8.02.